The van der Waals surface area contributed by atoms with Crippen LogP contribution >= 0.6 is 0 Å². The van der Waals surface area contributed by atoms with E-state index in [1.54, 1.807) is 12.1 Å². The number of nitrogens with one attached hydrogen (secondary N) is 1. The fourth-order valence-corrected chi connectivity index (χ4v) is 4.30. The van der Waals surface area contributed by atoms with Crippen molar-refractivity contribution in [3.63, 3.8) is 0 Å². The highest BCUT2D eigenvalue weighted by Crippen LogP contribution is 2.52. The maximum atomic E-state index is 11.3. The summed E-state index contributed by atoms with van der Waals surface area (Å²) in [7, 11) is 0. The van der Waals surface area contributed by atoms with Crippen LogP contribution in [0.15, 0.2) is 48.6 Å². The first-order chi connectivity index (χ1) is 12.6. The second kappa shape index (κ2) is 6.48. The number of hydrogen-bond acceptors (Lipinski definition) is 4. The lowest BCUT2D eigenvalue weighted by atomic mass is 9.76. The number of ether oxygens (including phenoxy) is 1. The van der Waals surface area contributed by atoms with E-state index >= 15 is 0 Å². The third-order valence-corrected chi connectivity index (χ3v) is 5.42. The van der Waals surface area contributed by atoms with Gasteiger partial charge >= 0.3 is 0 Å². The molecule has 3 unspecified atom stereocenters. The molecular weight excluding hydrogens is 328 g/mol. The molecule has 2 aromatic carbocycles. The summed E-state index contributed by atoms with van der Waals surface area (Å²) in [6, 6.07) is 11.6. The van der Waals surface area contributed by atoms with Crippen molar-refractivity contribution in [1.82, 2.24) is 0 Å². The van der Waals surface area contributed by atoms with Crippen LogP contribution in [-0.2, 0) is 0 Å². The Morgan fingerprint density at radius 3 is 2.85 bits per heavy atom. The number of non-ortho nitro benzene ring substituents is 1. The lowest BCUT2D eigenvalue weighted by Gasteiger charge is -2.38. The zero-order chi connectivity index (χ0) is 18.3. The van der Waals surface area contributed by atoms with Crippen LogP contribution in [0.2, 0.25) is 0 Å². The Labute approximate surface area is 152 Å². The Bertz CT molecular complexity index is 891. The smallest absolute Gasteiger partial charge is 0.270 e. The molecule has 5 nitrogen and oxygen atoms in total. The number of fused-ring (bicyclic) bond motifs is 3. The average molecular weight is 350 g/mol. The molecule has 3 atom stereocenters. The molecule has 0 radical (unpaired) electrons. The van der Waals surface area contributed by atoms with E-state index in [0.29, 0.717) is 12.5 Å². The molecule has 1 heterocycles. The summed E-state index contributed by atoms with van der Waals surface area (Å²) in [4.78, 5) is 11.0. The lowest BCUT2D eigenvalue weighted by molar-refractivity contribution is -0.385. The van der Waals surface area contributed by atoms with Crippen LogP contribution in [0.3, 0.4) is 0 Å². The molecule has 0 fully saturated rings. The van der Waals surface area contributed by atoms with Gasteiger partial charge in [-0.25, -0.2) is 0 Å². The number of benzene rings is 2. The number of allylic oxidation sites excluding steroid dienone is 2. The molecule has 0 aromatic heterocycles. The molecule has 0 saturated carbocycles. The number of nitro groups is 1. The molecule has 5 heteroatoms. The number of aryl methyl sites for hydroxylation is 1. The Balaban J connectivity index is 1.82. The second-order valence-electron chi connectivity index (χ2n) is 6.93. The van der Waals surface area contributed by atoms with Crippen LogP contribution in [0, 0.1) is 23.0 Å². The van der Waals surface area contributed by atoms with E-state index in [2.05, 4.69) is 23.5 Å². The van der Waals surface area contributed by atoms with Crippen molar-refractivity contribution >= 4 is 11.4 Å². The van der Waals surface area contributed by atoms with Gasteiger partial charge in [-0.15, -0.1) is 0 Å². The summed E-state index contributed by atoms with van der Waals surface area (Å²) in [6.45, 7) is 4.55. The Kier molecular flexibility index (Phi) is 4.15. The maximum absolute atomic E-state index is 11.3. The van der Waals surface area contributed by atoms with E-state index in [9.17, 15) is 10.1 Å². The predicted molar refractivity (Wildman–Crippen MR) is 102 cm³/mol. The van der Waals surface area contributed by atoms with Crippen molar-refractivity contribution in [1.29, 1.82) is 0 Å². The van der Waals surface area contributed by atoms with Crippen molar-refractivity contribution in [2.45, 2.75) is 32.2 Å². The van der Waals surface area contributed by atoms with Gasteiger partial charge in [-0.3, -0.25) is 10.1 Å². The van der Waals surface area contributed by atoms with Gasteiger partial charge in [-0.1, -0.05) is 30.4 Å². The molecule has 2 aromatic rings. The summed E-state index contributed by atoms with van der Waals surface area (Å²) >= 11 is 0. The predicted octanol–water partition coefficient (Wildman–Crippen LogP) is 5.13. The van der Waals surface area contributed by atoms with E-state index in [0.717, 1.165) is 34.5 Å². The number of hydrogen-bond donors (Lipinski definition) is 1. The van der Waals surface area contributed by atoms with Gasteiger partial charge in [0.25, 0.3) is 5.69 Å². The minimum Gasteiger partial charge on any atom is -0.494 e. The van der Waals surface area contributed by atoms with Crippen LogP contribution in [0.5, 0.6) is 5.75 Å². The molecule has 134 valence electrons. The Morgan fingerprint density at radius 1 is 1.27 bits per heavy atom. The number of para-hydroxylation sites is 1. The zero-order valence-electron chi connectivity index (χ0n) is 14.9. The first kappa shape index (κ1) is 16.6. The molecule has 1 N–H and O–H groups in total. The van der Waals surface area contributed by atoms with Crippen LogP contribution in [0.1, 0.15) is 42.0 Å². The van der Waals surface area contributed by atoms with Gasteiger partial charge in [0.05, 0.1) is 17.6 Å². The average Bonchev–Trinajstić information content (AvgIpc) is 3.12. The zero-order valence-corrected chi connectivity index (χ0v) is 14.9. The molecule has 4 rings (SSSR count). The van der Waals surface area contributed by atoms with E-state index in [4.69, 9.17) is 4.74 Å². The van der Waals surface area contributed by atoms with Gasteiger partial charge < -0.3 is 10.1 Å². The van der Waals surface area contributed by atoms with Gasteiger partial charge in [0.1, 0.15) is 5.75 Å². The van der Waals surface area contributed by atoms with Crippen molar-refractivity contribution in [3.05, 3.63) is 75.4 Å². The van der Waals surface area contributed by atoms with Crippen molar-refractivity contribution in [2.24, 2.45) is 5.92 Å². The number of anilines is 1. The summed E-state index contributed by atoms with van der Waals surface area (Å²) in [5.41, 5.74) is 4.26. The van der Waals surface area contributed by atoms with Crippen LogP contribution in [-0.4, -0.2) is 11.5 Å². The highest BCUT2D eigenvalue weighted by molar-refractivity contribution is 5.67. The minimum atomic E-state index is -0.308. The summed E-state index contributed by atoms with van der Waals surface area (Å²) in [5.74, 6) is 1.41. The SMILES string of the molecule is CCOc1ccccc1C1Nc2c(C)cc([N+](=O)[O-])cc2C2C=CCC21. The molecule has 0 bridgehead atoms. The van der Waals surface area contributed by atoms with Gasteiger partial charge in [-0.05, 0) is 43.4 Å². The standard InChI is InChI=1S/C21H22N2O3/c1-3-26-19-10-5-4-7-17(19)21-16-9-6-8-15(16)18-12-14(23(24)25)11-13(2)20(18)22-21/h4-8,10-12,15-16,21-22H,3,9H2,1-2H3. The first-order valence-corrected chi connectivity index (χ1v) is 9.04. The van der Waals surface area contributed by atoms with E-state index in [1.165, 1.54) is 0 Å². The summed E-state index contributed by atoms with van der Waals surface area (Å²) in [6.07, 6.45) is 5.34. The highest BCUT2D eigenvalue weighted by Gasteiger charge is 2.40. The summed E-state index contributed by atoms with van der Waals surface area (Å²) < 4.78 is 5.86. The largest absolute Gasteiger partial charge is 0.494 e. The lowest BCUT2D eigenvalue weighted by Crippen LogP contribution is -2.30. The van der Waals surface area contributed by atoms with Crippen molar-refractivity contribution in [3.8, 4) is 5.75 Å². The number of rotatable bonds is 4. The van der Waals surface area contributed by atoms with Crippen LogP contribution in [0.25, 0.3) is 0 Å². The molecule has 0 amide bonds. The second-order valence-corrected chi connectivity index (χ2v) is 6.93. The maximum Gasteiger partial charge on any atom is 0.270 e. The monoisotopic (exact) mass is 350 g/mol. The molecule has 0 spiro atoms. The van der Waals surface area contributed by atoms with E-state index in [-0.39, 0.29) is 22.6 Å². The molecular formula is C21H22N2O3. The quantitative estimate of drug-likeness (QED) is 0.472. The van der Waals surface area contributed by atoms with E-state index < -0.39 is 0 Å². The van der Waals surface area contributed by atoms with Crippen molar-refractivity contribution in [2.75, 3.05) is 11.9 Å². The Morgan fingerprint density at radius 2 is 2.08 bits per heavy atom. The van der Waals surface area contributed by atoms with Gasteiger partial charge in [0.2, 0.25) is 0 Å². The van der Waals surface area contributed by atoms with Crippen LogP contribution in [0.4, 0.5) is 11.4 Å². The highest BCUT2D eigenvalue weighted by atomic mass is 16.6. The minimum absolute atomic E-state index is 0.116. The third kappa shape index (κ3) is 2.64. The number of nitrogens with zero attached hydrogens (tertiary/aromatic N) is 1. The van der Waals surface area contributed by atoms with Crippen LogP contribution < -0.4 is 10.1 Å². The normalized spacial score (nSPS) is 23.1. The molecule has 26 heavy (non-hydrogen) atoms. The topological polar surface area (TPSA) is 64.4 Å². The van der Waals surface area contributed by atoms with Crippen molar-refractivity contribution < 1.29 is 9.66 Å². The number of nitro benzene ring substituents is 1. The molecule has 1 aliphatic carbocycles. The fraction of sp³-hybridized carbons (Fsp3) is 0.333. The van der Waals surface area contributed by atoms with E-state index in [1.807, 2.05) is 32.0 Å². The molecule has 1 aliphatic heterocycles. The summed E-state index contributed by atoms with van der Waals surface area (Å²) in [5, 5.41) is 15.0. The molecule has 0 saturated heterocycles. The molecule has 2 aliphatic rings. The first-order valence-electron chi connectivity index (χ1n) is 9.04. The van der Waals surface area contributed by atoms with Gasteiger partial charge in [0.15, 0.2) is 0 Å². The van der Waals surface area contributed by atoms with Gasteiger partial charge in [0, 0.05) is 29.3 Å². The third-order valence-electron chi connectivity index (χ3n) is 5.42. The van der Waals surface area contributed by atoms with Gasteiger partial charge in [-0.2, -0.15) is 0 Å². The fourth-order valence-electron chi connectivity index (χ4n) is 4.30. The Hall–Kier alpha value is -2.82.